The van der Waals surface area contributed by atoms with Crippen molar-refractivity contribution in [1.82, 2.24) is 5.32 Å². The standard InChI is InChI=1S/C9H15NO3/c1-2-7-3-4-9(5-7,8(12)13)10-6-11/h6-7H,2-5H2,1H3,(H,10,11)(H,12,13). The molecule has 4 nitrogen and oxygen atoms in total. The van der Waals surface area contributed by atoms with Gasteiger partial charge in [-0.1, -0.05) is 13.3 Å². The third kappa shape index (κ3) is 1.82. The van der Waals surface area contributed by atoms with E-state index in [2.05, 4.69) is 5.32 Å². The average Bonchev–Trinajstić information content (AvgIpc) is 2.50. The Morgan fingerprint density at radius 1 is 1.77 bits per heavy atom. The van der Waals surface area contributed by atoms with E-state index in [0.717, 1.165) is 12.8 Å². The molecule has 2 N–H and O–H groups in total. The molecular formula is C9H15NO3. The second-order valence-electron chi connectivity index (χ2n) is 3.67. The van der Waals surface area contributed by atoms with Crippen molar-refractivity contribution in [2.75, 3.05) is 0 Å². The summed E-state index contributed by atoms with van der Waals surface area (Å²) in [6.45, 7) is 2.05. The number of hydrogen-bond donors (Lipinski definition) is 2. The molecule has 0 aliphatic heterocycles. The molecular weight excluding hydrogens is 170 g/mol. The Kier molecular flexibility index (Phi) is 2.90. The summed E-state index contributed by atoms with van der Waals surface area (Å²) < 4.78 is 0. The number of rotatable bonds is 4. The summed E-state index contributed by atoms with van der Waals surface area (Å²) in [5, 5.41) is 11.4. The molecule has 0 radical (unpaired) electrons. The van der Waals surface area contributed by atoms with Crippen molar-refractivity contribution >= 4 is 12.4 Å². The van der Waals surface area contributed by atoms with E-state index < -0.39 is 11.5 Å². The summed E-state index contributed by atoms with van der Waals surface area (Å²) in [5.41, 5.74) is -0.984. The van der Waals surface area contributed by atoms with E-state index in [1.54, 1.807) is 0 Å². The fourth-order valence-electron chi connectivity index (χ4n) is 2.00. The maximum atomic E-state index is 11.0. The van der Waals surface area contributed by atoms with Crippen LogP contribution in [0.2, 0.25) is 0 Å². The number of amides is 1. The van der Waals surface area contributed by atoms with Crippen LogP contribution in [0.5, 0.6) is 0 Å². The van der Waals surface area contributed by atoms with Gasteiger partial charge in [-0.15, -0.1) is 0 Å². The molecule has 2 unspecified atom stereocenters. The van der Waals surface area contributed by atoms with Gasteiger partial charge in [0.15, 0.2) is 0 Å². The van der Waals surface area contributed by atoms with E-state index in [4.69, 9.17) is 5.11 Å². The number of hydrogen-bond acceptors (Lipinski definition) is 2. The van der Waals surface area contributed by atoms with E-state index in [9.17, 15) is 9.59 Å². The monoisotopic (exact) mass is 185 g/mol. The SMILES string of the molecule is CCC1CCC(NC=O)(C(=O)O)C1. The van der Waals surface area contributed by atoms with Crippen molar-refractivity contribution < 1.29 is 14.7 Å². The summed E-state index contributed by atoms with van der Waals surface area (Å²) in [4.78, 5) is 21.2. The van der Waals surface area contributed by atoms with E-state index >= 15 is 0 Å². The van der Waals surface area contributed by atoms with Crippen molar-refractivity contribution in [1.29, 1.82) is 0 Å². The second-order valence-corrected chi connectivity index (χ2v) is 3.67. The lowest BCUT2D eigenvalue weighted by molar-refractivity contribution is -0.146. The predicted molar refractivity (Wildman–Crippen MR) is 47.2 cm³/mol. The van der Waals surface area contributed by atoms with Crippen molar-refractivity contribution in [2.24, 2.45) is 5.92 Å². The van der Waals surface area contributed by atoms with E-state index in [1.807, 2.05) is 6.92 Å². The first-order valence-electron chi connectivity index (χ1n) is 4.59. The molecule has 13 heavy (non-hydrogen) atoms. The second kappa shape index (κ2) is 3.77. The molecule has 0 heterocycles. The molecule has 1 aliphatic rings. The molecule has 1 rings (SSSR count). The average molecular weight is 185 g/mol. The van der Waals surface area contributed by atoms with Crippen LogP contribution < -0.4 is 5.32 Å². The van der Waals surface area contributed by atoms with Gasteiger partial charge in [-0.25, -0.2) is 4.79 Å². The van der Waals surface area contributed by atoms with Crippen LogP contribution in [0.25, 0.3) is 0 Å². The first kappa shape index (κ1) is 10.0. The highest BCUT2D eigenvalue weighted by Crippen LogP contribution is 2.36. The van der Waals surface area contributed by atoms with Crippen molar-refractivity contribution in [2.45, 2.75) is 38.1 Å². The summed E-state index contributed by atoms with van der Waals surface area (Å²) in [7, 11) is 0. The van der Waals surface area contributed by atoms with Crippen LogP contribution in [0, 0.1) is 5.92 Å². The van der Waals surface area contributed by atoms with Gasteiger partial charge in [-0.05, 0) is 25.2 Å². The highest BCUT2D eigenvalue weighted by molar-refractivity contribution is 5.81. The predicted octanol–water partition coefficient (Wildman–Crippen LogP) is 0.766. The van der Waals surface area contributed by atoms with E-state index in [-0.39, 0.29) is 0 Å². The van der Waals surface area contributed by atoms with Gasteiger partial charge in [0, 0.05) is 0 Å². The van der Waals surface area contributed by atoms with Crippen LogP contribution in [0.3, 0.4) is 0 Å². The summed E-state index contributed by atoms with van der Waals surface area (Å²) in [5.74, 6) is -0.473. The van der Waals surface area contributed by atoms with Crippen LogP contribution in [-0.4, -0.2) is 23.0 Å². The molecule has 4 heteroatoms. The van der Waals surface area contributed by atoms with Gasteiger partial charge in [-0.2, -0.15) is 0 Å². The molecule has 74 valence electrons. The minimum Gasteiger partial charge on any atom is -0.480 e. The van der Waals surface area contributed by atoms with Gasteiger partial charge < -0.3 is 10.4 Å². The first-order valence-corrected chi connectivity index (χ1v) is 4.59. The summed E-state index contributed by atoms with van der Waals surface area (Å²) >= 11 is 0. The van der Waals surface area contributed by atoms with Crippen LogP contribution in [0.15, 0.2) is 0 Å². The highest BCUT2D eigenvalue weighted by atomic mass is 16.4. The van der Waals surface area contributed by atoms with Crippen LogP contribution in [0.1, 0.15) is 32.6 Å². The van der Waals surface area contributed by atoms with Gasteiger partial charge in [-0.3, -0.25) is 4.79 Å². The Labute approximate surface area is 77.3 Å². The molecule has 0 saturated heterocycles. The lowest BCUT2D eigenvalue weighted by atomic mass is 9.95. The lowest BCUT2D eigenvalue weighted by Crippen LogP contribution is -2.49. The highest BCUT2D eigenvalue weighted by Gasteiger charge is 2.44. The molecule has 1 aliphatic carbocycles. The number of carbonyl (C=O) groups excluding carboxylic acids is 1. The Balaban J connectivity index is 2.70. The fraction of sp³-hybridized carbons (Fsp3) is 0.778. The minimum absolute atomic E-state index is 0.434. The molecule has 0 spiro atoms. The smallest absolute Gasteiger partial charge is 0.329 e. The molecule has 2 atom stereocenters. The van der Waals surface area contributed by atoms with Crippen LogP contribution in [-0.2, 0) is 9.59 Å². The van der Waals surface area contributed by atoms with Gasteiger partial charge >= 0.3 is 5.97 Å². The molecule has 1 saturated carbocycles. The van der Waals surface area contributed by atoms with E-state index in [1.165, 1.54) is 0 Å². The molecule has 0 bridgehead atoms. The van der Waals surface area contributed by atoms with Gasteiger partial charge in [0.05, 0.1) is 0 Å². The quantitative estimate of drug-likeness (QED) is 0.635. The lowest BCUT2D eigenvalue weighted by Gasteiger charge is -2.23. The summed E-state index contributed by atoms with van der Waals surface area (Å²) in [6, 6.07) is 0. The Morgan fingerprint density at radius 2 is 2.46 bits per heavy atom. The van der Waals surface area contributed by atoms with Gasteiger partial charge in [0.1, 0.15) is 5.54 Å². The maximum Gasteiger partial charge on any atom is 0.329 e. The number of carbonyl (C=O) groups is 2. The van der Waals surface area contributed by atoms with Crippen LogP contribution >= 0.6 is 0 Å². The number of carboxylic acids is 1. The summed E-state index contributed by atoms with van der Waals surface area (Å²) in [6.07, 6.45) is 3.49. The number of aliphatic carboxylic acids is 1. The van der Waals surface area contributed by atoms with Crippen molar-refractivity contribution in [3.05, 3.63) is 0 Å². The number of carboxylic acid groups (broad SMARTS) is 1. The molecule has 1 amide bonds. The largest absolute Gasteiger partial charge is 0.480 e. The van der Waals surface area contributed by atoms with Gasteiger partial charge in [0.25, 0.3) is 0 Å². The van der Waals surface area contributed by atoms with Crippen molar-refractivity contribution in [3.63, 3.8) is 0 Å². The molecule has 0 aromatic carbocycles. The minimum atomic E-state index is -0.984. The topological polar surface area (TPSA) is 66.4 Å². The Morgan fingerprint density at radius 3 is 2.85 bits per heavy atom. The first-order chi connectivity index (χ1) is 6.14. The van der Waals surface area contributed by atoms with Crippen molar-refractivity contribution in [3.8, 4) is 0 Å². The van der Waals surface area contributed by atoms with Crippen LogP contribution in [0.4, 0.5) is 0 Å². The fourth-order valence-corrected chi connectivity index (χ4v) is 2.00. The Hall–Kier alpha value is -1.06. The zero-order chi connectivity index (χ0) is 9.90. The van der Waals surface area contributed by atoms with Gasteiger partial charge in [0.2, 0.25) is 6.41 Å². The Bertz CT molecular complexity index is 217. The molecule has 0 aromatic heterocycles. The number of nitrogens with one attached hydrogen (secondary N) is 1. The third-order valence-electron chi connectivity index (χ3n) is 2.94. The maximum absolute atomic E-state index is 11.0. The molecule has 0 aromatic rings. The molecule has 1 fully saturated rings. The van der Waals surface area contributed by atoms with E-state index in [0.29, 0.717) is 25.2 Å². The normalized spacial score (nSPS) is 32.8. The zero-order valence-electron chi connectivity index (χ0n) is 7.75. The zero-order valence-corrected chi connectivity index (χ0v) is 7.75. The third-order valence-corrected chi connectivity index (χ3v) is 2.94.